The molecule has 3 rings (SSSR count). The van der Waals surface area contributed by atoms with Gasteiger partial charge in [0.15, 0.2) is 11.6 Å². The summed E-state index contributed by atoms with van der Waals surface area (Å²) in [5.74, 6) is -0.168. The number of carbonyl (C=O) groups is 1. The van der Waals surface area contributed by atoms with Gasteiger partial charge in [-0.1, -0.05) is 13.0 Å². The number of imidazole rings is 1. The number of hydrogen-bond acceptors (Lipinski definition) is 2. The maximum atomic E-state index is 13.3. The molecule has 0 bridgehead atoms. The first-order chi connectivity index (χ1) is 12.6. The highest BCUT2D eigenvalue weighted by Crippen LogP contribution is 2.22. The van der Waals surface area contributed by atoms with Gasteiger partial charge in [0.05, 0.1) is 0 Å². The first kappa shape index (κ1) is 18.5. The van der Waals surface area contributed by atoms with Crippen molar-refractivity contribution in [1.29, 1.82) is 0 Å². The molecule has 1 aromatic heterocycles. The molecule has 26 heavy (non-hydrogen) atoms. The van der Waals surface area contributed by atoms with E-state index in [0.29, 0.717) is 18.9 Å². The third-order valence-electron chi connectivity index (χ3n) is 5.12. The maximum Gasteiger partial charge on any atom is 0.242 e. The van der Waals surface area contributed by atoms with Crippen LogP contribution in [0.2, 0.25) is 0 Å². The van der Waals surface area contributed by atoms with Crippen molar-refractivity contribution in [3.05, 3.63) is 53.6 Å². The van der Waals surface area contributed by atoms with Crippen LogP contribution in [0.25, 0.3) is 0 Å². The largest absolute Gasteiger partial charge is 0.341 e. The number of likely N-dealkylation sites (tertiary alicyclic amines) is 1. The lowest BCUT2D eigenvalue weighted by molar-refractivity contribution is -0.133. The highest BCUT2D eigenvalue weighted by Gasteiger charge is 2.24. The first-order valence-corrected chi connectivity index (χ1v) is 9.28. The molecule has 2 aromatic rings. The molecule has 0 unspecified atom stereocenters. The van der Waals surface area contributed by atoms with Crippen LogP contribution >= 0.6 is 0 Å². The van der Waals surface area contributed by atoms with Crippen molar-refractivity contribution in [3.63, 3.8) is 0 Å². The number of amides is 1. The molecule has 1 amide bonds. The Bertz CT molecular complexity index is 759. The fourth-order valence-electron chi connectivity index (χ4n) is 3.64. The number of nitrogens with zero attached hydrogens (tertiary/aromatic N) is 3. The summed E-state index contributed by atoms with van der Waals surface area (Å²) < 4.78 is 28.2. The summed E-state index contributed by atoms with van der Waals surface area (Å²) >= 11 is 0. The Morgan fingerprint density at radius 1 is 1.31 bits per heavy atom. The zero-order valence-electron chi connectivity index (χ0n) is 15.1. The Morgan fingerprint density at radius 3 is 2.92 bits per heavy atom. The van der Waals surface area contributed by atoms with Crippen molar-refractivity contribution in [3.8, 4) is 0 Å². The summed E-state index contributed by atoms with van der Waals surface area (Å²) in [6, 6.07) is 4.08. The number of rotatable bonds is 6. The van der Waals surface area contributed by atoms with Gasteiger partial charge in [-0.15, -0.1) is 0 Å². The Labute approximate surface area is 152 Å². The lowest BCUT2D eigenvalue weighted by Crippen LogP contribution is -2.41. The molecule has 0 saturated carbocycles. The number of aryl methyl sites for hydroxylation is 2. The fourth-order valence-corrected chi connectivity index (χ4v) is 3.64. The summed E-state index contributed by atoms with van der Waals surface area (Å²) in [6.07, 6.45) is 8.01. The van der Waals surface area contributed by atoms with Crippen molar-refractivity contribution in [1.82, 2.24) is 14.5 Å². The van der Waals surface area contributed by atoms with Gasteiger partial charge in [0.2, 0.25) is 5.91 Å². The zero-order chi connectivity index (χ0) is 18.5. The van der Waals surface area contributed by atoms with E-state index in [2.05, 4.69) is 4.98 Å². The minimum absolute atomic E-state index is 0.121. The van der Waals surface area contributed by atoms with Crippen LogP contribution in [0, 0.1) is 17.6 Å². The van der Waals surface area contributed by atoms with Gasteiger partial charge in [0.1, 0.15) is 12.4 Å². The van der Waals surface area contributed by atoms with Crippen LogP contribution in [0.1, 0.15) is 37.6 Å². The minimum atomic E-state index is -0.811. The summed E-state index contributed by atoms with van der Waals surface area (Å²) in [7, 11) is 0. The van der Waals surface area contributed by atoms with E-state index in [4.69, 9.17) is 0 Å². The predicted octanol–water partition coefficient (Wildman–Crippen LogP) is 3.60. The highest BCUT2D eigenvalue weighted by molar-refractivity contribution is 5.76. The molecular formula is C20H25F2N3O. The van der Waals surface area contributed by atoms with E-state index in [1.807, 2.05) is 22.6 Å². The quantitative estimate of drug-likeness (QED) is 0.789. The van der Waals surface area contributed by atoms with Crippen LogP contribution in [0.3, 0.4) is 0 Å². The standard InChI is InChI=1S/C20H25F2N3O/c1-2-19-23-9-11-24(19)14-20(26)25-10-3-4-16(13-25)6-5-15-7-8-17(21)18(22)12-15/h7-9,11-12,16H,2-6,10,13-14H2,1H3/t16-/m1/s1. The lowest BCUT2D eigenvalue weighted by Gasteiger charge is -2.33. The molecule has 6 heteroatoms. The monoisotopic (exact) mass is 361 g/mol. The molecule has 0 N–H and O–H groups in total. The maximum absolute atomic E-state index is 13.3. The van der Waals surface area contributed by atoms with Gasteiger partial charge in [-0.05, 0) is 49.3 Å². The number of benzene rings is 1. The van der Waals surface area contributed by atoms with Crippen LogP contribution in [-0.2, 0) is 24.2 Å². The molecule has 0 spiro atoms. The van der Waals surface area contributed by atoms with E-state index in [1.165, 1.54) is 12.1 Å². The number of piperidine rings is 1. The second-order valence-corrected chi connectivity index (χ2v) is 6.96. The number of aromatic nitrogens is 2. The SMILES string of the molecule is CCc1nccn1CC(=O)N1CCC[C@H](CCc2ccc(F)c(F)c2)C1. The molecule has 1 saturated heterocycles. The van der Waals surface area contributed by atoms with E-state index in [9.17, 15) is 13.6 Å². The second-order valence-electron chi connectivity index (χ2n) is 6.96. The van der Waals surface area contributed by atoms with Crippen LogP contribution in [0.5, 0.6) is 0 Å². The molecule has 140 valence electrons. The minimum Gasteiger partial charge on any atom is -0.341 e. The third kappa shape index (κ3) is 4.48. The van der Waals surface area contributed by atoms with Crippen LogP contribution in [-0.4, -0.2) is 33.4 Å². The molecule has 1 aromatic carbocycles. The Kier molecular flexibility index (Phi) is 6.01. The molecule has 1 aliphatic rings. The molecule has 0 radical (unpaired) electrons. The van der Waals surface area contributed by atoms with E-state index in [-0.39, 0.29) is 5.91 Å². The van der Waals surface area contributed by atoms with Crippen molar-refractivity contribution in [2.45, 2.75) is 45.6 Å². The molecule has 0 aliphatic carbocycles. The average molecular weight is 361 g/mol. The number of carbonyl (C=O) groups excluding carboxylic acids is 1. The Hall–Kier alpha value is -2.24. The van der Waals surface area contributed by atoms with Gasteiger partial charge >= 0.3 is 0 Å². The lowest BCUT2D eigenvalue weighted by atomic mass is 9.91. The molecule has 2 heterocycles. The predicted molar refractivity (Wildman–Crippen MR) is 95.6 cm³/mol. The topological polar surface area (TPSA) is 38.1 Å². The number of halogens is 2. The van der Waals surface area contributed by atoms with E-state index in [0.717, 1.165) is 50.2 Å². The molecule has 1 aliphatic heterocycles. The third-order valence-corrected chi connectivity index (χ3v) is 5.12. The van der Waals surface area contributed by atoms with Crippen molar-refractivity contribution in [2.75, 3.05) is 13.1 Å². The summed E-state index contributed by atoms with van der Waals surface area (Å²) in [6.45, 7) is 3.88. The Balaban J connectivity index is 1.53. The van der Waals surface area contributed by atoms with Crippen molar-refractivity contribution >= 4 is 5.91 Å². The Morgan fingerprint density at radius 2 is 2.15 bits per heavy atom. The van der Waals surface area contributed by atoms with Crippen molar-refractivity contribution in [2.24, 2.45) is 5.92 Å². The van der Waals surface area contributed by atoms with Crippen LogP contribution in [0.15, 0.2) is 30.6 Å². The van der Waals surface area contributed by atoms with Crippen molar-refractivity contribution < 1.29 is 13.6 Å². The number of hydrogen-bond donors (Lipinski definition) is 0. The molecular weight excluding hydrogens is 336 g/mol. The second kappa shape index (κ2) is 8.43. The van der Waals surface area contributed by atoms with Gasteiger partial charge in [0, 0.05) is 31.9 Å². The fraction of sp³-hybridized carbons (Fsp3) is 0.500. The average Bonchev–Trinajstić information content (AvgIpc) is 3.10. The first-order valence-electron chi connectivity index (χ1n) is 9.28. The van der Waals surface area contributed by atoms with Gasteiger partial charge in [-0.2, -0.15) is 0 Å². The van der Waals surface area contributed by atoms with Gasteiger partial charge < -0.3 is 9.47 Å². The van der Waals surface area contributed by atoms with Gasteiger partial charge in [-0.25, -0.2) is 13.8 Å². The zero-order valence-corrected chi connectivity index (χ0v) is 15.1. The molecule has 1 fully saturated rings. The highest BCUT2D eigenvalue weighted by atomic mass is 19.2. The summed E-state index contributed by atoms with van der Waals surface area (Å²) in [4.78, 5) is 18.8. The van der Waals surface area contributed by atoms with Crippen LogP contribution < -0.4 is 0 Å². The van der Waals surface area contributed by atoms with E-state index >= 15 is 0 Å². The smallest absolute Gasteiger partial charge is 0.242 e. The van der Waals surface area contributed by atoms with Gasteiger partial charge in [0.25, 0.3) is 0 Å². The van der Waals surface area contributed by atoms with E-state index < -0.39 is 11.6 Å². The van der Waals surface area contributed by atoms with Crippen LogP contribution in [0.4, 0.5) is 8.78 Å². The molecule has 1 atom stereocenters. The van der Waals surface area contributed by atoms with E-state index in [1.54, 1.807) is 12.3 Å². The van der Waals surface area contributed by atoms with Gasteiger partial charge in [-0.3, -0.25) is 4.79 Å². The normalized spacial score (nSPS) is 17.5. The molecule has 4 nitrogen and oxygen atoms in total. The summed E-state index contributed by atoms with van der Waals surface area (Å²) in [5, 5.41) is 0. The summed E-state index contributed by atoms with van der Waals surface area (Å²) in [5.41, 5.74) is 0.804.